The van der Waals surface area contributed by atoms with Crippen LogP contribution in [-0.2, 0) is 6.42 Å². The predicted molar refractivity (Wildman–Crippen MR) is 63.8 cm³/mol. The molecular formula is C13H19Cl. The summed E-state index contributed by atoms with van der Waals surface area (Å²) in [6.45, 7) is 6.68. The van der Waals surface area contributed by atoms with Crippen molar-refractivity contribution in [1.82, 2.24) is 0 Å². The van der Waals surface area contributed by atoms with Gasteiger partial charge >= 0.3 is 0 Å². The Morgan fingerprint density at radius 3 is 2.14 bits per heavy atom. The van der Waals surface area contributed by atoms with Crippen LogP contribution in [0.2, 0.25) is 0 Å². The van der Waals surface area contributed by atoms with E-state index in [-0.39, 0.29) is 5.38 Å². The summed E-state index contributed by atoms with van der Waals surface area (Å²) in [5, 5.41) is 0.248. The van der Waals surface area contributed by atoms with Crippen molar-refractivity contribution in [2.75, 3.05) is 0 Å². The molecule has 78 valence electrons. The van der Waals surface area contributed by atoms with Gasteiger partial charge < -0.3 is 0 Å². The van der Waals surface area contributed by atoms with Crippen LogP contribution in [-0.4, -0.2) is 5.38 Å². The average Bonchev–Trinajstić information content (AvgIpc) is 2.18. The molecule has 0 saturated carbocycles. The molecule has 0 aromatic heterocycles. The van der Waals surface area contributed by atoms with Gasteiger partial charge in [0, 0.05) is 5.38 Å². The Balaban J connectivity index is 2.53. The lowest BCUT2D eigenvalue weighted by atomic mass is 9.91. The maximum Gasteiger partial charge on any atom is 0.0404 e. The van der Waals surface area contributed by atoms with Crippen LogP contribution in [0.3, 0.4) is 0 Å². The highest BCUT2D eigenvalue weighted by molar-refractivity contribution is 6.20. The van der Waals surface area contributed by atoms with Crippen LogP contribution in [0.25, 0.3) is 0 Å². The first-order valence-electron chi connectivity index (χ1n) is 5.29. The lowest BCUT2D eigenvalue weighted by Gasteiger charge is -2.21. The van der Waals surface area contributed by atoms with Crippen molar-refractivity contribution in [3.05, 3.63) is 35.9 Å². The number of alkyl halides is 1. The molecule has 0 bridgehead atoms. The van der Waals surface area contributed by atoms with Crippen molar-refractivity contribution in [3.63, 3.8) is 0 Å². The van der Waals surface area contributed by atoms with Crippen LogP contribution < -0.4 is 0 Å². The summed E-state index contributed by atoms with van der Waals surface area (Å²) < 4.78 is 0. The van der Waals surface area contributed by atoms with Gasteiger partial charge in [0.05, 0.1) is 0 Å². The van der Waals surface area contributed by atoms with Gasteiger partial charge in [0.1, 0.15) is 0 Å². The third-order valence-electron chi connectivity index (χ3n) is 2.90. The number of hydrogen-bond donors (Lipinski definition) is 0. The zero-order valence-electron chi connectivity index (χ0n) is 9.20. The van der Waals surface area contributed by atoms with Gasteiger partial charge in [-0.05, 0) is 23.8 Å². The Hall–Kier alpha value is -0.490. The number of halogens is 1. The maximum absolute atomic E-state index is 6.36. The molecule has 0 N–H and O–H groups in total. The van der Waals surface area contributed by atoms with Crippen molar-refractivity contribution in [2.45, 2.75) is 32.6 Å². The van der Waals surface area contributed by atoms with Gasteiger partial charge in [0.15, 0.2) is 0 Å². The molecule has 0 saturated heterocycles. The largest absolute Gasteiger partial charge is 0.122 e. The van der Waals surface area contributed by atoms with E-state index in [4.69, 9.17) is 11.6 Å². The molecule has 1 aromatic rings. The molecule has 1 aromatic carbocycles. The Bertz CT molecular complexity index is 253. The number of rotatable bonds is 4. The van der Waals surface area contributed by atoms with Crippen LogP contribution in [0.4, 0.5) is 0 Å². The minimum atomic E-state index is 0.248. The summed E-state index contributed by atoms with van der Waals surface area (Å²) in [4.78, 5) is 0. The van der Waals surface area contributed by atoms with E-state index >= 15 is 0 Å². The summed E-state index contributed by atoms with van der Waals surface area (Å²) in [6.07, 6.45) is 0.974. The Labute approximate surface area is 92.3 Å². The van der Waals surface area contributed by atoms with Gasteiger partial charge in [0.25, 0.3) is 0 Å². The molecule has 2 atom stereocenters. The van der Waals surface area contributed by atoms with Crippen molar-refractivity contribution in [3.8, 4) is 0 Å². The third-order valence-corrected chi connectivity index (χ3v) is 3.45. The first-order chi connectivity index (χ1) is 6.61. The summed E-state index contributed by atoms with van der Waals surface area (Å²) in [5.41, 5.74) is 1.33. The minimum absolute atomic E-state index is 0.248. The molecule has 14 heavy (non-hydrogen) atoms. The van der Waals surface area contributed by atoms with Crippen LogP contribution in [0.5, 0.6) is 0 Å². The zero-order chi connectivity index (χ0) is 10.6. The first-order valence-corrected chi connectivity index (χ1v) is 5.73. The third kappa shape index (κ3) is 3.34. The molecule has 0 aliphatic rings. The Kier molecular flexibility index (Phi) is 4.47. The smallest absolute Gasteiger partial charge is 0.0404 e. The fraction of sp³-hybridized carbons (Fsp3) is 0.538. The van der Waals surface area contributed by atoms with Crippen LogP contribution >= 0.6 is 11.6 Å². The first kappa shape index (κ1) is 11.6. The lowest BCUT2D eigenvalue weighted by Crippen LogP contribution is -2.19. The van der Waals surface area contributed by atoms with E-state index in [2.05, 4.69) is 45.0 Å². The summed E-state index contributed by atoms with van der Waals surface area (Å²) in [7, 11) is 0. The average molecular weight is 211 g/mol. The highest BCUT2D eigenvalue weighted by Crippen LogP contribution is 2.22. The molecule has 0 nitrogen and oxygen atoms in total. The molecule has 1 heteroatoms. The van der Waals surface area contributed by atoms with E-state index < -0.39 is 0 Å². The second-order valence-electron chi connectivity index (χ2n) is 4.31. The normalized spacial score (nSPS) is 15.5. The Morgan fingerprint density at radius 2 is 1.64 bits per heavy atom. The van der Waals surface area contributed by atoms with E-state index in [1.54, 1.807) is 0 Å². The maximum atomic E-state index is 6.36. The number of hydrogen-bond acceptors (Lipinski definition) is 0. The standard InChI is InChI=1S/C13H19Cl/c1-10(2)11(3)13(14)9-12-7-5-4-6-8-12/h4-8,10-11,13H,9H2,1-3H3. The van der Waals surface area contributed by atoms with Crippen molar-refractivity contribution >= 4 is 11.6 Å². The van der Waals surface area contributed by atoms with Crippen LogP contribution in [0.1, 0.15) is 26.3 Å². The van der Waals surface area contributed by atoms with Gasteiger partial charge in [-0.25, -0.2) is 0 Å². The van der Waals surface area contributed by atoms with E-state index in [0.29, 0.717) is 11.8 Å². The second kappa shape index (κ2) is 5.41. The molecule has 0 heterocycles. The highest BCUT2D eigenvalue weighted by Gasteiger charge is 2.17. The van der Waals surface area contributed by atoms with Crippen molar-refractivity contribution in [1.29, 1.82) is 0 Å². The predicted octanol–water partition coefficient (Wildman–Crippen LogP) is 4.13. The molecule has 0 aliphatic carbocycles. The van der Waals surface area contributed by atoms with E-state index in [9.17, 15) is 0 Å². The molecule has 2 unspecified atom stereocenters. The molecule has 0 amide bonds. The monoisotopic (exact) mass is 210 g/mol. The molecular weight excluding hydrogens is 192 g/mol. The molecule has 0 radical (unpaired) electrons. The second-order valence-corrected chi connectivity index (χ2v) is 4.87. The molecule has 0 aliphatic heterocycles. The van der Waals surface area contributed by atoms with Gasteiger partial charge in [-0.2, -0.15) is 0 Å². The number of benzene rings is 1. The van der Waals surface area contributed by atoms with E-state index in [0.717, 1.165) is 6.42 Å². The fourth-order valence-corrected chi connectivity index (χ4v) is 1.91. The summed E-state index contributed by atoms with van der Waals surface area (Å²) in [6, 6.07) is 10.5. The van der Waals surface area contributed by atoms with Gasteiger partial charge in [-0.1, -0.05) is 51.1 Å². The molecule has 1 rings (SSSR count). The lowest BCUT2D eigenvalue weighted by molar-refractivity contribution is 0.399. The quantitative estimate of drug-likeness (QED) is 0.656. The van der Waals surface area contributed by atoms with Crippen LogP contribution in [0.15, 0.2) is 30.3 Å². The minimum Gasteiger partial charge on any atom is -0.122 e. The summed E-state index contributed by atoms with van der Waals surface area (Å²) >= 11 is 6.36. The van der Waals surface area contributed by atoms with Gasteiger partial charge in [-0.3, -0.25) is 0 Å². The van der Waals surface area contributed by atoms with Gasteiger partial charge in [-0.15, -0.1) is 11.6 Å². The van der Waals surface area contributed by atoms with Crippen molar-refractivity contribution < 1.29 is 0 Å². The van der Waals surface area contributed by atoms with E-state index in [1.807, 2.05) is 6.07 Å². The van der Waals surface area contributed by atoms with Crippen LogP contribution in [0, 0.1) is 11.8 Å². The summed E-state index contributed by atoms with van der Waals surface area (Å²) in [5.74, 6) is 1.22. The van der Waals surface area contributed by atoms with Gasteiger partial charge in [0.2, 0.25) is 0 Å². The Morgan fingerprint density at radius 1 is 1.07 bits per heavy atom. The highest BCUT2D eigenvalue weighted by atomic mass is 35.5. The van der Waals surface area contributed by atoms with E-state index in [1.165, 1.54) is 5.56 Å². The molecule has 0 spiro atoms. The zero-order valence-corrected chi connectivity index (χ0v) is 9.96. The molecule has 0 fully saturated rings. The topological polar surface area (TPSA) is 0 Å². The fourth-order valence-electron chi connectivity index (χ4n) is 1.44. The van der Waals surface area contributed by atoms with Crippen molar-refractivity contribution in [2.24, 2.45) is 11.8 Å². The SMILES string of the molecule is CC(C)C(C)C(Cl)Cc1ccccc1.